The van der Waals surface area contributed by atoms with Crippen LogP contribution in [0.4, 0.5) is 0 Å². The minimum atomic E-state index is -0.673. The van der Waals surface area contributed by atoms with Gasteiger partial charge in [0.2, 0.25) is 0 Å². The van der Waals surface area contributed by atoms with Crippen LogP contribution in [-0.2, 0) is 4.79 Å². The summed E-state index contributed by atoms with van der Waals surface area (Å²) >= 11 is 0. The Hall–Kier alpha value is -1.23. The molecule has 120 valence electrons. The molecule has 0 aliphatic rings. The lowest BCUT2D eigenvalue weighted by Crippen LogP contribution is -1.93. The summed E-state index contributed by atoms with van der Waals surface area (Å²) in [6.45, 7) is 2.21. The number of rotatable bonds is 13. The van der Waals surface area contributed by atoms with Crippen LogP contribution in [0.25, 0.3) is 0 Å². The molecule has 21 heavy (non-hydrogen) atoms. The van der Waals surface area contributed by atoms with Gasteiger partial charge < -0.3 is 5.11 Å². The third-order valence-electron chi connectivity index (χ3n) is 3.43. The van der Waals surface area contributed by atoms with Crippen LogP contribution in [0, 0.1) is 11.8 Å². The molecule has 0 bridgehead atoms. The average molecular weight is 292 g/mol. The van der Waals surface area contributed by atoms with Crippen molar-refractivity contribution in [1.82, 2.24) is 0 Å². The maximum atomic E-state index is 10.3. The molecule has 0 radical (unpaired) electrons. The van der Waals surface area contributed by atoms with Gasteiger partial charge >= 0.3 is 5.97 Å². The Kier molecular flexibility index (Phi) is 15.8. The third kappa shape index (κ3) is 18.8. The number of carboxylic acid groups (broad SMARTS) is 1. The summed E-state index contributed by atoms with van der Waals surface area (Å²) in [7, 11) is 0. The summed E-state index contributed by atoms with van der Waals surface area (Å²) in [5.41, 5.74) is 0. The fourth-order valence-corrected chi connectivity index (χ4v) is 2.13. The molecule has 0 aliphatic carbocycles. The number of allylic oxidation sites excluding steroid dienone is 2. The van der Waals surface area contributed by atoms with E-state index in [4.69, 9.17) is 5.11 Å². The zero-order valence-corrected chi connectivity index (χ0v) is 13.7. The van der Waals surface area contributed by atoms with Crippen LogP contribution in [0.3, 0.4) is 0 Å². The molecule has 0 saturated heterocycles. The molecular formula is C19H32O2. The van der Waals surface area contributed by atoms with Gasteiger partial charge in [0, 0.05) is 19.3 Å². The van der Waals surface area contributed by atoms with Crippen molar-refractivity contribution in [2.45, 2.75) is 90.4 Å². The predicted octanol–water partition coefficient (Wildman–Crippen LogP) is 5.72. The normalized spacial score (nSPS) is 10.5. The van der Waals surface area contributed by atoms with E-state index in [0.717, 1.165) is 32.1 Å². The molecule has 0 rings (SSSR count). The lowest BCUT2D eigenvalue weighted by molar-refractivity contribution is -0.137. The van der Waals surface area contributed by atoms with Crippen LogP contribution >= 0.6 is 0 Å². The molecular weight excluding hydrogens is 260 g/mol. The quantitative estimate of drug-likeness (QED) is 0.268. The molecule has 1 N–H and O–H groups in total. The number of hydrogen-bond donors (Lipinski definition) is 1. The second-order valence-electron chi connectivity index (χ2n) is 5.54. The van der Waals surface area contributed by atoms with E-state index in [1.54, 1.807) is 0 Å². The molecule has 2 nitrogen and oxygen atoms in total. The van der Waals surface area contributed by atoms with Crippen molar-refractivity contribution in [3.05, 3.63) is 12.2 Å². The van der Waals surface area contributed by atoms with E-state index in [1.165, 1.54) is 44.9 Å². The van der Waals surface area contributed by atoms with Crippen molar-refractivity contribution < 1.29 is 9.90 Å². The number of aliphatic carboxylic acids is 1. The van der Waals surface area contributed by atoms with E-state index < -0.39 is 5.97 Å². The molecule has 0 amide bonds. The maximum absolute atomic E-state index is 10.3. The largest absolute Gasteiger partial charge is 0.481 e. The number of carboxylic acids is 1. The van der Waals surface area contributed by atoms with Crippen molar-refractivity contribution in [2.24, 2.45) is 0 Å². The Morgan fingerprint density at radius 3 is 2.33 bits per heavy atom. The number of unbranched alkanes of at least 4 members (excludes halogenated alkanes) is 9. The molecule has 0 aromatic heterocycles. The van der Waals surface area contributed by atoms with Gasteiger partial charge in [-0.2, -0.15) is 0 Å². The molecule has 0 unspecified atom stereocenters. The summed E-state index contributed by atoms with van der Waals surface area (Å²) in [6.07, 6.45) is 18.4. The van der Waals surface area contributed by atoms with Gasteiger partial charge in [-0.05, 0) is 25.7 Å². The molecule has 2 heteroatoms. The average Bonchev–Trinajstić information content (AvgIpc) is 2.46. The minimum absolute atomic E-state index is 0.322. The molecule has 0 spiro atoms. The van der Waals surface area contributed by atoms with Crippen molar-refractivity contribution in [3.8, 4) is 11.8 Å². The smallest absolute Gasteiger partial charge is 0.303 e. The van der Waals surface area contributed by atoms with Gasteiger partial charge in [-0.3, -0.25) is 4.79 Å². The summed E-state index contributed by atoms with van der Waals surface area (Å²) in [5, 5.41) is 8.51. The van der Waals surface area contributed by atoms with Gasteiger partial charge in [0.1, 0.15) is 0 Å². The fraction of sp³-hybridized carbons (Fsp3) is 0.737. The fourth-order valence-electron chi connectivity index (χ4n) is 2.13. The van der Waals surface area contributed by atoms with Gasteiger partial charge in [-0.1, -0.05) is 63.5 Å². The molecule has 0 atom stereocenters. The first kappa shape index (κ1) is 19.8. The molecule has 0 fully saturated rings. The predicted molar refractivity (Wildman–Crippen MR) is 90.2 cm³/mol. The van der Waals surface area contributed by atoms with Gasteiger partial charge in [0.25, 0.3) is 0 Å². The van der Waals surface area contributed by atoms with E-state index in [-0.39, 0.29) is 0 Å². The van der Waals surface area contributed by atoms with Gasteiger partial charge in [0.05, 0.1) is 0 Å². The maximum Gasteiger partial charge on any atom is 0.303 e. The van der Waals surface area contributed by atoms with Gasteiger partial charge in [0.15, 0.2) is 0 Å². The molecule has 0 aromatic carbocycles. The summed E-state index contributed by atoms with van der Waals surface area (Å²) in [5.74, 6) is 5.74. The zero-order chi connectivity index (χ0) is 15.6. The summed E-state index contributed by atoms with van der Waals surface area (Å²) in [4.78, 5) is 10.3. The highest BCUT2D eigenvalue weighted by Gasteiger charge is 1.95. The van der Waals surface area contributed by atoms with Crippen molar-refractivity contribution in [2.75, 3.05) is 0 Å². The van der Waals surface area contributed by atoms with E-state index in [2.05, 4.69) is 30.9 Å². The van der Waals surface area contributed by atoms with Crippen LogP contribution in [0.2, 0.25) is 0 Å². The van der Waals surface area contributed by atoms with Crippen LogP contribution in [-0.4, -0.2) is 11.1 Å². The number of carbonyl (C=O) groups is 1. The second-order valence-corrected chi connectivity index (χ2v) is 5.54. The van der Waals surface area contributed by atoms with Gasteiger partial charge in [-0.25, -0.2) is 0 Å². The van der Waals surface area contributed by atoms with Crippen molar-refractivity contribution >= 4 is 5.97 Å². The Balaban J connectivity index is 3.20. The lowest BCUT2D eigenvalue weighted by Gasteiger charge is -1.99. The lowest BCUT2D eigenvalue weighted by atomic mass is 10.1. The Morgan fingerprint density at radius 1 is 0.905 bits per heavy atom. The third-order valence-corrected chi connectivity index (χ3v) is 3.43. The first-order chi connectivity index (χ1) is 10.3. The first-order valence-corrected chi connectivity index (χ1v) is 8.60. The molecule has 0 aromatic rings. The van der Waals surface area contributed by atoms with Crippen LogP contribution < -0.4 is 0 Å². The van der Waals surface area contributed by atoms with E-state index in [0.29, 0.717) is 6.42 Å². The molecule has 0 heterocycles. The first-order valence-electron chi connectivity index (χ1n) is 8.60. The number of hydrogen-bond acceptors (Lipinski definition) is 1. The van der Waals surface area contributed by atoms with Crippen molar-refractivity contribution in [3.63, 3.8) is 0 Å². The second kappa shape index (κ2) is 16.8. The van der Waals surface area contributed by atoms with Crippen LogP contribution in [0.15, 0.2) is 12.2 Å². The van der Waals surface area contributed by atoms with E-state index in [1.807, 2.05) is 0 Å². The zero-order valence-electron chi connectivity index (χ0n) is 13.7. The molecule has 0 saturated carbocycles. The SMILES string of the molecule is CCCCCC#CCC=CCCCCCCCCC(=O)O. The van der Waals surface area contributed by atoms with E-state index in [9.17, 15) is 4.79 Å². The van der Waals surface area contributed by atoms with Gasteiger partial charge in [-0.15, -0.1) is 5.92 Å². The van der Waals surface area contributed by atoms with Crippen LogP contribution in [0.1, 0.15) is 90.4 Å². The highest BCUT2D eigenvalue weighted by atomic mass is 16.4. The summed E-state index contributed by atoms with van der Waals surface area (Å²) in [6, 6.07) is 0. The Bertz CT molecular complexity index is 320. The molecule has 0 aliphatic heterocycles. The highest BCUT2D eigenvalue weighted by Crippen LogP contribution is 2.09. The van der Waals surface area contributed by atoms with Crippen molar-refractivity contribution in [1.29, 1.82) is 0 Å². The standard InChI is InChI=1S/C19H32O2/c1-2-3-4-5-6-7-8-9-10-11-12-13-14-15-16-17-18-19(20)21/h9-10H,2-5,8,11-18H2,1H3,(H,20,21). The highest BCUT2D eigenvalue weighted by molar-refractivity contribution is 5.66. The summed E-state index contributed by atoms with van der Waals surface area (Å²) < 4.78 is 0. The Morgan fingerprint density at radius 2 is 1.62 bits per heavy atom. The topological polar surface area (TPSA) is 37.3 Å². The van der Waals surface area contributed by atoms with Crippen LogP contribution in [0.5, 0.6) is 0 Å². The minimum Gasteiger partial charge on any atom is -0.481 e. The Labute approximate surface area is 131 Å². The van der Waals surface area contributed by atoms with E-state index >= 15 is 0 Å². The monoisotopic (exact) mass is 292 g/mol.